The second kappa shape index (κ2) is 5.06. The maximum atomic E-state index is 10.6. The van der Waals surface area contributed by atoms with Crippen LogP contribution in [0.25, 0.3) is 0 Å². The molecule has 18 heavy (non-hydrogen) atoms. The Morgan fingerprint density at radius 2 is 1.78 bits per heavy atom. The zero-order valence-electron chi connectivity index (χ0n) is 12.8. The van der Waals surface area contributed by atoms with Gasteiger partial charge in [-0.2, -0.15) is 0 Å². The normalized spacial score (nSPS) is 13.1. The van der Waals surface area contributed by atoms with Gasteiger partial charge in [0.05, 0.1) is 0 Å². The van der Waals surface area contributed by atoms with Gasteiger partial charge < -0.3 is 9.67 Å². The van der Waals surface area contributed by atoms with E-state index >= 15 is 0 Å². The highest BCUT2D eigenvalue weighted by atomic mass is 28.3. The minimum absolute atomic E-state index is 0.0185. The predicted molar refractivity (Wildman–Crippen MR) is 82.2 cm³/mol. The summed E-state index contributed by atoms with van der Waals surface area (Å²) in [7, 11) is 0.394. The van der Waals surface area contributed by atoms with E-state index in [0.29, 0.717) is 5.75 Å². The number of hydrogen-bond donors (Lipinski definition) is 1. The molecule has 0 aromatic heterocycles. The van der Waals surface area contributed by atoms with E-state index in [4.69, 9.17) is 0 Å². The van der Waals surface area contributed by atoms with Crippen LogP contribution in [0.3, 0.4) is 0 Å². The summed E-state index contributed by atoms with van der Waals surface area (Å²) in [6, 6.07) is 6.20. The highest BCUT2D eigenvalue weighted by Gasteiger charge is 2.32. The minimum Gasteiger partial charge on any atom is -0.508 e. The van der Waals surface area contributed by atoms with Crippen LogP contribution in [0.15, 0.2) is 18.2 Å². The molecule has 1 rings (SSSR count). The summed E-state index contributed by atoms with van der Waals surface area (Å²) < 4.78 is 2.38. The highest BCUT2D eigenvalue weighted by molar-refractivity contribution is 6.88. The molecule has 0 unspecified atom stereocenters. The summed E-state index contributed by atoms with van der Waals surface area (Å²) in [6.45, 7) is 14.2. The standard InChI is InChI=1S/C15H27NOSi/c1-8-16(5)18(6,7)13-11-9-10-12(14(13)17)15(2,3)4/h9-11,17H,8H2,1-7H3. The first-order valence-corrected chi connectivity index (χ1v) is 9.61. The molecule has 0 spiro atoms. The fourth-order valence-electron chi connectivity index (χ4n) is 2.24. The van der Waals surface area contributed by atoms with Crippen LogP contribution in [-0.4, -0.2) is 31.5 Å². The largest absolute Gasteiger partial charge is 0.508 e. The maximum absolute atomic E-state index is 10.6. The van der Waals surface area contributed by atoms with Gasteiger partial charge in [-0.15, -0.1) is 0 Å². The van der Waals surface area contributed by atoms with E-state index in [9.17, 15) is 5.11 Å². The van der Waals surface area contributed by atoms with Crippen molar-refractivity contribution in [2.45, 2.75) is 46.2 Å². The first-order valence-electron chi connectivity index (χ1n) is 6.66. The van der Waals surface area contributed by atoms with E-state index in [0.717, 1.165) is 17.3 Å². The van der Waals surface area contributed by atoms with Gasteiger partial charge in [-0.25, -0.2) is 0 Å². The molecule has 0 amide bonds. The van der Waals surface area contributed by atoms with Crippen molar-refractivity contribution in [2.75, 3.05) is 13.6 Å². The van der Waals surface area contributed by atoms with E-state index in [2.05, 4.69) is 64.5 Å². The van der Waals surface area contributed by atoms with Crippen molar-refractivity contribution in [3.8, 4) is 5.75 Å². The van der Waals surface area contributed by atoms with Gasteiger partial charge in [0.15, 0.2) is 8.24 Å². The number of nitrogens with zero attached hydrogens (tertiary/aromatic N) is 1. The van der Waals surface area contributed by atoms with Crippen LogP contribution in [0.2, 0.25) is 13.1 Å². The Bertz CT molecular complexity index is 421. The molecule has 0 bridgehead atoms. The Balaban J connectivity index is 3.36. The van der Waals surface area contributed by atoms with E-state index < -0.39 is 8.24 Å². The quantitative estimate of drug-likeness (QED) is 0.849. The number of phenolic OH excluding ortho intramolecular Hbond substituents is 1. The summed E-state index contributed by atoms with van der Waals surface area (Å²) in [6.07, 6.45) is 0. The van der Waals surface area contributed by atoms with Crippen molar-refractivity contribution in [3.05, 3.63) is 23.8 Å². The molecular formula is C15H27NOSi. The zero-order chi connectivity index (χ0) is 14.1. The average molecular weight is 265 g/mol. The second-order valence-electron chi connectivity index (χ2n) is 6.52. The van der Waals surface area contributed by atoms with Crippen molar-refractivity contribution in [1.82, 2.24) is 4.57 Å². The summed E-state index contributed by atoms with van der Waals surface area (Å²) in [5, 5.41) is 11.8. The molecule has 1 N–H and O–H groups in total. The molecule has 0 saturated carbocycles. The number of aromatic hydroxyl groups is 1. The monoisotopic (exact) mass is 265 g/mol. The number of para-hydroxylation sites is 1. The lowest BCUT2D eigenvalue weighted by Crippen LogP contribution is -2.56. The second-order valence-corrected chi connectivity index (χ2v) is 10.9. The lowest BCUT2D eigenvalue weighted by Gasteiger charge is -2.35. The van der Waals surface area contributed by atoms with Crippen LogP contribution >= 0.6 is 0 Å². The molecule has 0 fully saturated rings. The van der Waals surface area contributed by atoms with Crippen LogP contribution in [0.4, 0.5) is 0 Å². The highest BCUT2D eigenvalue weighted by Crippen LogP contribution is 2.30. The molecule has 1 aromatic carbocycles. The van der Waals surface area contributed by atoms with E-state index in [1.807, 2.05) is 6.07 Å². The van der Waals surface area contributed by atoms with E-state index in [1.54, 1.807) is 0 Å². The van der Waals surface area contributed by atoms with Crippen LogP contribution < -0.4 is 5.19 Å². The lowest BCUT2D eigenvalue weighted by molar-refractivity contribution is 0.448. The molecule has 0 aliphatic rings. The molecule has 3 heteroatoms. The molecule has 0 aliphatic heterocycles. The third kappa shape index (κ3) is 2.78. The molecule has 0 atom stereocenters. The van der Waals surface area contributed by atoms with Crippen molar-refractivity contribution in [1.29, 1.82) is 0 Å². The van der Waals surface area contributed by atoms with Crippen molar-refractivity contribution in [2.24, 2.45) is 0 Å². The Labute approximate surface area is 113 Å². The number of hydrogen-bond acceptors (Lipinski definition) is 2. The maximum Gasteiger partial charge on any atom is 0.158 e. The molecule has 0 radical (unpaired) electrons. The Morgan fingerprint density at radius 3 is 2.22 bits per heavy atom. The van der Waals surface area contributed by atoms with Gasteiger partial charge in [0, 0.05) is 0 Å². The Hall–Kier alpha value is -0.803. The van der Waals surface area contributed by atoms with Gasteiger partial charge in [-0.05, 0) is 29.8 Å². The molecule has 102 valence electrons. The van der Waals surface area contributed by atoms with Crippen molar-refractivity contribution >= 4 is 13.4 Å². The van der Waals surface area contributed by atoms with Crippen LogP contribution in [-0.2, 0) is 5.41 Å². The van der Waals surface area contributed by atoms with Gasteiger partial charge in [-0.3, -0.25) is 0 Å². The molecule has 1 aromatic rings. The van der Waals surface area contributed by atoms with Crippen LogP contribution in [0.5, 0.6) is 5.75 Å². The number of rotatable bonds is 3. The fourth-order valence-corrected chi connectivity index (χ4v) is 4.66. The summed E-state index contributed by atoms with van der Waals surface area (Å²) in [5.74, 6) is 0.502. The van der Waals surface area contributed by atoms with Gasteiger partial charge >= 0.3 is 0 Å². The molecule has 2 nitrogen and oxygen atoms in total. The molecular weight excluding hydrogens is 238 g/mol. The number of benzene rings is 1. The van der Waals surface area contributed by atoms with Crippen LogP contribution in [0.1, 0.15) is 33.3 Å². The first kappa shape index (κ1) is 15.3. The number of phenols is 1. The third-order valence-electron chi connectivity index (χ3n) is 3.93. The summed E-state index contributed by atoms with van der Waals surface area (Å²) in [4.78, 5) is 0. The van der Waals surface area contributed by atoms with Gasteiger partial charge in [0.2, 0.25) is 0 Å². The van der Waals surface area contributed by atoms with Crippen molar-refractivity contribution < 1.29 is 5.11 Å². The minimum atomic E-state index is -1.75. The van der Waals surface area contributed by atoms with E-state index in [1.165, 1.54) is 0 Å². The molecule has 0 saturated heterocycles. The smallest absolute Gasteiger partial charge is 0.158 e. The van der Waals surface area contributed by atoms with Gasteiger partial charge in [-0.1, -0.05) is 59.0 Å². The van der Waals surface area contributed by atoms with Gasteiger partial charge in [0.1, 0.15) is 5.75 Å². The predicted octanol–water partition coefficient (Wildman–Crippen LogP) is 3.05. The molecule has 0 aliphatic carbocycles. The first-order chi connectivity index (χ1) is 8.12. The fraction of sp³-hybridized carbons (Fsp3) is 0.600. The lowest BCUT2D eigenvalue weighted by atomic mass is 9.86. The Kier molecular flexibility index (Phi) is 4.29. The van der Waals surface area contributed by atoms with E-state index in [-0.39, 0.29) is 5.41 Å². The topological polar surface area (TPSA) is 23.5 Å². The SMILES string of the molecule is CCN(C)[Si](C)(C)c1cccc(C(C)(C)C)c1O. The summed E-state index contributed by atoms with van der Waals surface area (Å²) >= 11 is 0. The zero-order valence-corrected chi connectivity index (χ0v) is 13.8. The average Bonchev–Trinajstić information content (AvgIpc) is 2.26. The van der Waals surface area contributed by atoms with Crippen molar-refractivity contribution in [3.63, 3.8) is 0 Å². The third-order valence-corrected chi connectivity index (χ3v) is 7.88. The molecule has 0 heterocycles. The summed E-state index contributed by atoms with van der Waals surface area (Å²) in [5.41, 5.74) is 1.03. The Morgan fingerprint density at radius 1 is 1.22 bits per heavy atom. The van der Waals surface area contributed by atoms with Crippen LogP contribution in [0, 0.1) is 0 Å². The van der Waals surface area contributed by atoms with Gasteiger partial charge in [0.25, 0.3) is 0 Å².